The van der Waals surface area contributed by atoms with Crippen molar-refractivity contribution in [2.45, 2.75) is 263 Å². The van der Waals surface area contributed by atoms with Crippen molar-refractivity contribution in [3.63, 3.8) is 0 Å². The molecule has 2 unspecified atom stereocenters. The third-order valence-corrected chi connectivity index (χ3v) is 13.1. The van der Waals surface area contributed by atoms with Crippen LogP contribution in [0.3, 0.4) is 0 Å². The van der Waals surface area contributed by atoms with Crippen LogP contribution in [0, 0.1) is 0 Å². The van der Waals surface area contributed by atoms with Gasteiger partial charge in [-0.2, -0.15) is 8.42 Å². The summed E-state index contributed by atoms with van der Waals surface area (Å²) in [6.07, 6.45) is 48.5. The van der Waals surface area contributed by atoms with Gasteiger partial charge in [0.15, 0.2) is 12.4 Å². The van der Waals surface area contributed by atoms with Gasteiger partial charge < -0.3 is 34.3 Å². The van der Waals surface area contributed by atoms with E-state index in [0.29, 0.717) is 12.8 Å². The van der Waals surface area contributed by atoms with Crippen molar-refractivity contribution in [3.8, 4) is 0 Å². The van der Waals surface area contributed by atoms with Gasteiger partial charge in [-0.1, -0.05) is 222 Å². The van der Waals surface area contributed by atoms with E-state index < -0.39 is 71.2 Å². The van der Waals surface area contributed by atoms with E-state index in [0.717, 1.165) is 51.4 Å². The van der Waals surface area contributed by atoms with E-state index in [1.807, 2.05) is 12.2 Å². The molecule has 1 heterocycles. The fourth-order valence-electron chi connectivity index (χ4n) is 8.13. The zero-order valence-corrected chi connectivity index (χ0v) is 44.0. The van der Waals surface area contributed by atoms with E-state index in [-0.39, 0.29) is 19.4 Å². The second-order valence-corrected chi connectivity index (χ2v) is 20.4. The van der Waals surface area contributed by atoms with Crippen molar-refractivity contribution in [3.05, 3.63) is 60.8 Å². The Morgan fingerprint density at radius 3 is 1.35 bits per heavy atom. The molecule has 1 aliphatic heterocycles. The Labute approximate surface area is 419 Å². The maximum Gasteiger partial charge on any atom is 0.306 e. The van der Waals surface area contributed by atoms with Crippen molar-refractivity contribution in [1.82, 2.24) is 0 Å². The molecule has 0 saturated carbocycles. The highest BCUT2D eigenvalue weighted by molar-refractivity contribution is 7.85. The van der Waals surface area contributed by atoms with Crippen LogP contribution in [0.25, 0.3) is 0 Å². The topological polar surface area (TPSA) is 186 Å². The molecule has 1 rings (SSSR count). The first kappa shape index (κ1) is 64.4. The van der Waals surface area contributed by atoms with Gasteiger partial charge in [-0.05, 0) is 51.4 Å². The number of unbranched alkanes of at least 4 members (excludes halogenated alkanes) is 24. The van der Waals surface area contributed by atoms with Crippen molar-refractivity contribution in [2.75, 3.05) is 19.0 Å². The molecule has 12 nitrogen and oxygen atoms in total. The van der Waals surface area contributed by atoms with Crippen molar-refractivity contribution in [1.29, 1.82) is 0 Å². The van der Waals surface area contributed by atoms with Gasteiger partial charge in [0.1, 0.15) is 36.8 Å². The fourth-order valence-corrected chi connectivity index (χ4v) is 8.82. The van der Waals surface area contributed by atoms with E-state index in [9.17, 15) is 37.9 Å². The van der Waals surface area contributed by atoms with Gasteiger partial charge in [0, 0.05) is 12.8 Å². The van der Waals surface area contributed by atoms with Crippen molar-refractivity contribution in [2.24, 2.45) is 0 Å². The minimum Gasteiger partial charge on any atom is -0.462 e. The van der Waals surface area contributed by atoms with Crippen LogP contribution in [0.4, 0.5) is 0 Å². The Balaban J connectivity index is 2.38. The highest BCUT2D eigenvalue weighted by Gasteiger charge is 2.46. The van der Waals surface area contributed by atoms with Crippen molar-refractivity contribution >= 4 is 22.1 Å². The quantitative estimate of drug-likeness (QED) is 0.0196. The summed E-state index contributed by atoms with van der Waals surface area (Å²) in [5.41, 5.74) is 0. The molecule has 0 amide bonds. The van der Waals surface area contributed by atoms with E-state index in [1.165, 1.54) is 135 Å². The maximum atomic E-state index is 12.9. The van der Waals surface area contributed by atoms with Crippen molar-refractivity contribution < 1.29 is 56.8 Å². The van der Waals surface area contributed by atoms with Gasteiger partial charge >= 0.3 is 11.9 Å². The number of allylic oxidation sites excluding steroid dienone is 10. The van der Waals surface area contributed by atoms with E-state index in [4.69, 9.17) is 18.9 Å². The number of hydrogen-bond acceptors (Lipinski definition) is 11. The molecule has 400 valence electrons. The van der Waals surface area contributed by atoms with Crippen LogP contribution in [-0.2, 0) is 38.7 Å². The van der Waals surface area contributed by atoms with E-state index in [1.54, 1.807) is 0 Å². The largest absolute Gasteiger partial charge is 0.462 e. The van der Waals surface area contributed by atoms with Crippen LogP contribution in [0.5, 0.6) is 0 Å². The van der Waals surface area contributed by atoms with Crippen LogP contribution in [0.2, 0.25) is 0 Å². The van der Waals surface area contributed by atoms with Gasteiger partial charge in [-0.3, -0.25) is 14.1 Å². The number of ether oxygens (including phenoxy) is 4. The first-order valence-corrected chi connectivity index (χ1v) is 29.0. The third-order valence-electron chi connectivity index (χ3n) is 12.4. The molecule has 0 radical (unpaired) electrons. The lowest BCUT2D eigenvalue weighted by Crippen LogP contribution is -2.60. The Kier molecular flexibility index (Phi) is 42.2. The molecule has 0 bridgehead atoms. The zero-order valence-electron chi connectivity index (χ0n) is 43.2. The summed E-state index contributed by atoms with van der Waals surface area (Å²) < 4.78 is 54.2. The van der Waals surface area contributed by atoms with Crippen LogP contribution in [0.1, 0.15) is 226 Å². The molecule has 0 aromatic carbocycles. The number of carbonyl (C=O) groups is 2. The smallest absolute Gasteiger partial charge is 0.306 e. The minimum atomic E-state index is -4.62. The second kappa shape index (κ2) is 45.2. The van der Waals surface area contributed by atoms with Crippen LogP contribution in [0.15, 0.2) is 60.8 Å². The number of esters is 2. The Bertz CT molecular complexity index is 1490. The summed E-state index contributed by atoms with van der Waals surface area (Å²) in [7, 11) is -4.62. The van der Waals surface area contributed by atoms with Crippen LogP contribution in [-0.4, -0.2) is 96.0 Å². The van der Waals surface area contributed by atoms with Gasteiger partial charge in [0.25, 0.3) is 10.1 Å². The Hall–Kier alpha value is -2.65. The summed E-state index contributed by atoms with van der Waals surface area (Å²) in [5, 5.41) is 31.0. The normalized spacial score (nSPS) is 19.5. The summed E-state index contributed by atoms with van der Waals surface area (Å²) in [5.74, 6) is -2.08. The molecule has 13 heteroatoms. The van der Waals surface area contributed by atoms with E-state index >= 15 is 0 Å². The molecular formula is C56H98O12S. The highest BCUT2D eigenvalue weighted by atomic mass is 32.2. The molecule has 0 aromatic rings. The minimum absolute atomic E-state index is 0.0952. The average molecular weight is 995 g/mol. The number of aliphatic hydroxyl groups excluding tert-OH is 3. The number of carbonyl (C=O) groups excluding carboxylic acids is 2. The molecule has 4 N–H and O–H groups in total. The summed E-state index contributed by atoms with van der Waals surface area (Å²) in [6.45, 7) is 3.71. The molecule has 0 aromatic heterocycles. The molecule has 1 aliphatic rings. The predicted molar refractivity (Wildman–Crippen MR) is 279 cm³/mol. The number of aliphatic hydroxyl groups is 3. The van der Waals surface area contributed by atoms with Gasteiger partial charge in [-0.25, -0.2) is 0 Å². The standard InChI is InChI=1S/C56H98O12S/c1-3-5-7-9-11-13-15-17-19-21-23-24-25-27-29-31-33-35-37-39-41-43-45-52(58)67-49(47-66-56-55(61)54(60)53(59)50(68-56)48-69(62,63)64)46-65-51(57)44-42-40-38-36-34-32-30-28-26-22-20-18-16-14-12-10-8-6-4-2/h12,14,18,20,26,28,32,34,38,40,49-50,53-56,59-61H,3-11,13,15-17,19,21-25,27,29-31,33,35-37,39,41-48H2,1-2H3,(H,62,63,64)/b14-12+,20-18+,28-26+,34-32+,40-38+/t49-,50-,53-,54?,55?,56+/m1/s1. The number of rotatable bonds is 46. The molecule has 0 aliphatic carbocycles. The lowest BCUT2D eigenvalue weighted by molar-refractivity contribution is -0.297. The summed E-state index contributed by atoms with van der Waals surface area (Å²) in [4.78, 5) is 25.5. The van der Waals surface area contributed by atoms with Crippen LogP contribution >= 0.6 is 0 Å². The average Bonchev–Trinajstić information content (AvgIpc) is 3.32. The van der Waals surface area contributed by atoms with E-state index in [2.05, 4.69) is 62.5 Å². The lowest BCUT2D eigenvalue weighted by Gasteiger charge is -2.40. The predicted octanol–water partition coefficient (Wildman–Crippen LogP) is 12.8. The third kappa shape index (κ3) is 39.6. The molecule has 0 spiro atoms. The van der Waals surface area contributed by atoms with Crippen LogP contribution < -0.4 is 0 Å². The monoisotopic (exact) mass is 995 g/mol. The summed E-state index contributed by atoms with van der Waals surface area (Å²) >= 11 is 0. The highest BCUT2D eigenvalue weighted by Crippen LogP contribution is 2.24. The zero-order chi connectivity index (χ0) is 50.5. The summed E-state index contributed by atoms with van der Waals surface area (Å²) in [6, 6.07) is 0. The molecule has 1 fully saturated rings. The van der Waals surface area contributed by atoms with Gasteiger partial charge in [0.05, 0.1) is 6.61 Å². The first-order valence-electron chi connectivity index (χ1n) is 27.3. The first-order chi connectivity index (χ1) is 33.5. The molecular weight excluding hydrogens is 897 g/mol. The molecule has 6 atom stereocenters. The van der Waals surface area contributed by atoms with Gasteiger partial charge in [-0.15, -0.1) is 0 Å². The Morgan fingerprint density at radius 2 is 0.899 bits per heavy atom. The maximum absolute atomic E-state index is 12.9. The molecule has 1 saturated heterocycles. The fraction of sp³-hybridized carbons (Fsp3) is 0.786. The SMILES string of the molecule is CCCCC/C=C/C/C=C/C/C=C/C/C=C/C/C=C/CCC(=O)OC[C@H](CO[C@H]1O[C@H](CS(=O)(=O)O)[C@@H](O)C(O)C1O)OC(=O)CCCCCCCCCCCCCCCCCCCCCCCC. The second-order valence-electron chi connectivity index (χ2n) is 18.9. The lowest BCUT2D eigenvalue weighted by atomic mass is 10.00. The Morgan fingerprint density at radius 1 is 0.493 bits per heavy atom. The number of hydrogen-bond donors (Lipinski definition) is 4. The van der Waals surface area contributed by atoms with Gasteiger partial charge in [0.2, 0.25) is 0 Å². The molecule has 69 heavy (non-hydrogen) atoms.